The lowest BCUT2D eigenvalue weighted by Gasteiger charge is -2.08. The summed E-state index contributed by atoms with van der Waals surface area (Å²) in [6, 6.07) is 2.99. The lowest BCUT2D eigenvalue weighted by Crippen LogP contribution is -1.95. The van der Waals surface area contributed by atoms with E-state index in [2.05, 4.69) is 0 Å². The number of aliphatic hydroxyl groups is 2. The van der Waals surface area contributed by atoms with Gasteiger partial charge in [0.15, 0.2) is 0 Å². The van der Waals surface area contributed by atoms with Gasteiger partial charge in [-0.25, -0.2) is 0 Å². The first-order valence-electron chi connectivity index (χ1n) is 3.72. The van der Waals surface area contributed by atoms with Crippen LogP contribution in [-0.4, -0.2) is 15.3 Å². The Bertz CT molecular complexity index is 256. The second kappa shape index (κ2) is 3.56. The van der Waals surface area contributed by atoms with Crippen molar-refractivity contribution < 1.29 is 15.3 Å². The first-order chi connectivity index (χ1) is 5.69. The molecular weight excluding hydrogens is 156 g/mol. The molecule has 0 saturated carbocycles. The first kappa shape index (κ1) is 9.03. The molecule has 0 radical (unpaired) electrons. The summed E-state index contributed by atoms with van der Waals surface area (Å²) < 4.78 is 0. The molecule has 0 fully saturated rings. The summed E-state index contributed by atoms with van der Waals surface area (Å²) in [5.41, 5.74) is 2.14. The van der Waals surface area contributed by atoms with Gasteiger partial charge in [0, 0.05) is 0 Å². The summed E-state index contributed by atoms with van der Waals surface area (Å²) in [7, 11) is 0. The Morgan fingerprint density at radius 3 is 1.83 bits per heavy atom. The SMILES string of the molecule is Cc1c(CO)cc(O)cc1CO. The average molecular weight is 168 g/mol. The number of aliphatic hydroxyl groups excluding tert-OH is 2. The number of rotatable bonds is 2. The molecule has 0 spiro atoms. The topological polar surface area (TPSA) is 60.7 Å². The minimum atomic E-state index is -0.118. The zero-order valence-corrected chi connectivity index (χ0v) is 6.91. The van der Waals surface area contributed by atoms with E-state index in [9.17, 15) is 0 Å². The van der Waals surface area contributed by atoms with Gasteiger partial charge in [0.2, 0.25) is 0 Å². The Kier molecular flexibility index (Phi) is 2.68. The standard InChI is InChI=1S/C9H12O3/c1-6-7(4-10)2-9(12)3-8(6)5-11/h2-3,10-12H,4-5H2,1H3. The quantitative estimate of drug-likeness (QED) is 0.608. The molecule has 0 aromatic heterocycles. The van der Waals surface area contributed by atoms with Crippen molar-refractivity contribution in [3.05, 3.63) is 28.8 Å². The fourth-order valence-corrected chi connectivity index (χ4v) is 1.15. The summed E-state index contributed by atoms with van der Waals surface area (Å²) >= 11 is 0. The molecule has 1 rings (SSSR count). The van der Waals surface area contributed by atoms with Crippen LogP contribution < -0.4 is 0 Å². The van der Waals surface area contributed by atoms with E-state index >= 15 is 0 Å². The van der Waals surface area contributed by atoms with E-state index in [1.165, 1.54) is 12.1 Å². The van der Waals surface area contributed by atoms with Crippen LogP contribution in [0.2, 0.25) is 0 Å². The number of phenols is 1. The second-order valence-electron chi connectivity index (χ2n) is 2.71. The van der Waals surface area contributed by atoms with Gasteiger partial charge in [0.05, 0.1) is 13.2 Å². The largest absolute Gasteiger partial charge is 0.508 e. The first-order valence-corrected chi connectivity index (χ1v) is 3.72. The lowest BCUT2D eigenvalue weighted by molar-refractivity contribution is 0.272. The molecule has 3 N–H and O–H groups in total. The highest BCUT2D eigenvalue weighted by molar-refractivity contribution is 5.40. The Morgan fingerprint density at radius 2 is 1.50 bits per heavy atom. The highest BCUT2D eigenvalue weighted by Crippen LogP contribution is 2.21. The van der Waals surface area contributed by atoms with Crippen LogP contribution in [0, 0.1) is 6.92 Å². The zero-order valence-electron chi connectivity index (χ0n) is 6.91. The van der Waals surface area contributed by atoms with Gasteiger partial charge in [-0.05, 0) is 35.7 Å². The summed E-state index contributed by atoms with van der Waals surface area (Å²) in [6.45, 7) is 1.57. The van der Waals surface area contributed by atoms with Gasteiger partial charge >= 0.3 is 0 Å². The minimum absolute atomic E-state index is 0.0775. The molecule has 3 heteroatoms. The third-order valence-electron chi connectivity index (χ3n) is 1.95. The van der Waals surface area contributed by atoms with Crippen LogP contribution in [0.4, 0.5) is 0 Å². The average Bonchev–Trinajstić information content (AvgIpc) is 2.08. The molecule has 0 bridgehead atoms. The van der Waals surface area contributed by atoms with Crippen molar-refractivity contribution in [1.82, 2.24) is 0 Å². The number of benzene rings is 1. The van der Waals surface area contributed by atoms with Crippen LogP contribution in [0.5, 0.6) is 5.75 Å². The van der Waals surface area contributed by atoms with Crippen LogP contribution in [0.15, 0.2) is 12.1 Å². The number of phenolic OH excluding ortho intramolecular Hbond substituents is 1. The maximum atomic E-state index is 9.16. The normalized spacial score (nSPS) is 10.2. The van der Waals surface area contributed by atoms with Gasteiger partial charge < -0.3 is 15.3 Å². The summed E-state index contributed by atoms with van der Waals surface area (Å²) in [4.78, 5) is 0. The predicted molar refractivity (Wildman–Crippen MR) is 44.7 cm³/mol. The molecular formula is C9H12O3. The maximum absolute atomic E-state index is 9.16. The van der Waals surface area contributed by atoms with Gasteiger partial charge in [-0.2, -0.15) is 0 Å². The predicted octanol–water partition coefficient (Wildman–Crippen LogP) is 0.685. The van der Waals surface area contributed by atoms with Crippen molar-refractivity contribution in [1.29, 1.82) is 0 Å². The van der Waals surface area contributed by atoms with Crippen molar-refractivity contribution in [2.24, 2.45) is 0 Å². The van der Waals surface area contributed by atoms with Crippen LogP contribution in [0.1, 0.15) is 16.7 Å². The minimum Gasteiger partial charge on any atom is -0.508 e. The van der Waals surface area contributed by atoms with E-state index in [0.29, 0.717) is 11.1 Å². The monoisotopic (exact) mass is 168 g/mol. The number of aromatic hydroxyl groups is 1. The van der Waals surface area contributed by atoms with Crippen molar-refractivity contribution in [3.63, 3.8) is 0 Å². The van der Waals surface area contributed by atoms with Crippen molar-refractivity contribution in [2.75, 3.05) is 0 Å². The smallest absolute Gasteiger partial charge is 0.116 e. The van der Waals surface area contributed by atoms with Gasteiger partial charge in [0.25, 0.3) is 0 Å². The molecule has 0 atom stereocenters. The number of hydrogen-bond acceptors (Lipinski definition) is 3. The molecule has 1 aromatic carbocycles. The molecule has 3 nitrogen and oxygen atoms in total. The molecule has 0 unspecified atom stereocenters. The van der Waals surface area contributed by atoms with Crippen molar-refractivity contribution >= 4 is 0 Å². The molecule has 0 aliphatic rings. The summed E-state index contributed by atoms with van der Waals surface area (Å²) in [5.74, 6) is 0.0775. The lowest BCUT2D eigenvalue weighted by atomic mass is 10.0. The van der Waals surface area contributed by atoms with Crippen LogP contribution in [0.3, 0.4) is 0 Å². The van der Waals surface area contributed by atoms with E-state index in [4.69, 9.17) is 15.3 Å². The second-order valence-corrected chi connectivity index (χ2v) is 2.71. The highest BCUT2D eigenvalue weighted by Gasteiger charge is 2.04. The van der Waals surface area contributed by atoms with E-state index in [1.807, 2.05) is 0 Å². The Morgan fingerprint density at radius 1 is 1.08 bits per heavy atom. The summed E-state index contributed by atoms with van der Waals surface area (Å²) in [6.07, 6.45) is 0. The molecule has 66 valence electrons. The Balaban J connectivity index is 3.22. The van der Waals surface area contributed by atoms with Gasteiger partial charge in [0.1, 0.15) is 5.75 Å². The third-order valence-corrected chi connectivity index (χ3v) is 1.95. The van der Waals surface area contributed by atoms with Crippen LogP contribution in [0.25, 0.3) is 0 Å². The zero-order chi connectivity index (χ0) is 9.14. The molecule has 12 heavy (non-hydrogen) atoms. The maximum Gasteiger partial charge on any atom is 0.116 e. The molecule has 0 aliphatic heterocycles. The van der Waals surface area contributed by atoms with Crippen molar-refractivity contribution in [2.45, 2.75) is 20.1 Å². The van der Waals surface area contributed by atoms with E-state index in [-0.39, 0.29) is 19.0 Å². The molecule has 0 amide bonds. The fourth-order valence-electron chi connectivity index (χ4n) is 1.15. The fraction of sp³-hybridized carbons (Fsp3) is 0.333. The summed E-state index contributed by atoms with van der Waals surface area (Å²) in [5, 5.41) is 26.9. The van der Waals surface area contributed by atoms with Crippen LogP contribution >= 0.6 is 0 Å². The molecule has 0 heterocycles. The third kappa shape index (κ3) is 1.57. The van der Waals surface area contributed by atoms with E-state index in [1.54, 1.807) is 6.92 Å². The van der Waals surface area contributed by atoms with Gasteiger partial charge in [-0.1, -0.05) is 0 Å². The highest BCUT2D eigenvalue weighted by atomic mass is 16.3. The molecule has 1 aromatic rings. The van der Waals surface area contributed by atoms with Gasteiger partial charge in [-0.3, -0.25) is 0 Å². The number of hydrogen-bond donors (Lipinski definition) is 3. The molecule has 0 aliphatic carbocycles. The van der Waals surface area contributed by atoms with Crippen molar-refractivity contribution in [3.8, 4) is 5.75 Å². The Labute approximate surface area is 70.9 Å². The van der Waals surface area contributed by atoms with Crippen LogP contribution in [-0.2, 0) is 13.2 Å². The van der Waals surface area contributed by atoms with Gasteiger partial charge in [-0.15, -0.1) is 0 Å². The van der Waals surface area contributed by atoms with E-state index in [0.717, 1.165) is 5.56 Å². The van der Waals surface area contributed by atoms with E-state index < -0.39 is 0 Å². The Hall–Kier alpha value is -1.06. The molecule has 0 saturated heterocycles.